The molecule has 198 valence electrons. The number of nitrogens with one attached hydrogen (secondary N) is 1. The summed E-state index contributed by atoms with van der Waals surface area (Å²) in [6.45, 7) is -0.509. The minimum absolute atomic E-state index is 0.000636. The lowest BCUT2D eigenvalue weighted by Crippen LogP contribution is -2.21. The normalized spacial score (nSPS) is 11.4. The Labute approximate surface area is 236 Å². The Morgan fingerprint density at radius 3 is 2.56 bits per heavy atom. The Hall–Kier alpha value is -3.91. The highest BCUT2D eigenvalue weighted by Crippen LogP contribution is 2.37. The third-order valence-corrected chi connectivity index (χ3v) is 7.40. The van der Waals surface area contributed by atoms with Crippen LogP contribution in [0.15, 0.2) is 52.9 Å². The number of hydrogen-bond acceptors (Lipinski definition) is 11. The molecule has 9 nitrogen and oxygen atoms in total. The van der Waals surface area contributed by atoms with Gasteiger partial charge in [0.1, 0.15) is 52.8 Å². The summed E-state index contributed by atoms with van der Waals surface area (Å²) in [7, 11) is 0. The number of benzene rings is 2. The van der Waals surface area contributed by atoms with E-state index in [1.807, 2.05) is 11.4 Å². The van der Waals surface area contributed by atoms with Crippen LogP contribution in [0.5, 0.6) is 5.75 Å². The molecule has 0 radical (unpaired) electrons. The second kappa shape index (κ2) is 12.8. The standard InChI is InChI=1S/C26H20ClFN6O3S2/c27-21-7-15(3-6-22(21)28)32-26-33-16(13-39-26)12-38-25-20(9-30)23(19(8-29)24(31)34-25)14-1-4-18(5-2-14)37-11-17(36)10-35/h1-7,13,17,35-36H,10-12H2,(H2,31,34)(H,32,33)/t17-/m0/s1. The zero-order valence-corrected chi connectivity index (χ0v) is 22.4. The summed E-state index contributed by atoms with van der Waals surface area (Å²) in [4.78, 5) is 8.83. The molecule has 0 saturated heterocycles. The number of anilines is 3. The zero-order chi connectivity index (χ0) is 27.9. The highest BCUT2D eigenvalue weighted by Gasteiger charge is 2.21. The van der Waals surface area contributed by atoms with Gasteiger partial charge in [-0.05, 0) is 35.9 Å². The van der Waals surface area contributed by atoms with Gasteiger partial charge in [-0.2, -0.15) is 10.5 Å². The van der Waals surface area contributed by atoms with Gasteiger partial charge in [0.05, 0.1) is 22.9 Å². The maximum Gasteiger partial charge on any atom is 0.187 e. The average molecular weight is 583 g/mol. The van der Waals surface area contributed by atoms with E-state index in [4.69, 9.17) is 27.2 Å². The molecule has 5 N–H and O–H groups in total. The van der Waals surface area contributed by atoms with Gasteiger partial charge < -0.3 is 26.0 Å². The van der Waals surface area contributed by atoms with Crippen LogP contribution in [0.4, 0.5) is 21.0 Å². The van der Waals surface area contributed by atoms with Crippen molar-refractivity contribution in [1.82, 2.24) is 9.97 Å². The fourth-order valence-corrected chi connectivity index (χ4v) is 5.33. The van der Waals surface area contributed by atoms with Gasteiger partial charge in [-0.1, -0.05) is 35.5 Å². The van der Waals surface area contributed by atoms with Crippen LogP contribution in [0.2, 0.25) is 5.02 Å². The fourth-order valence-electron chi connectivity index (χ4n) is 3.42. The molecule has 0 aliphatic heterocycles. The number of aromatic nitrogens is 2. The van der Waals surface area contributed by atoms with E-state index in [-0.39, 0.29) is 28.6 Å². The predicted molar refractivity (Wildman–Crippen MR) is 148 cm³/mol. The fraction of sp³-hybridized carbons (Fsp3) is 0.154. The molecular weight excluding hydrogens is 563 g/mol. The molecule has 1 atom stereocenters. The Morgan fingerprint density at radius 1 is 1.15 bits per heavy atom. The van der Waals surface area contributed by atoms with E-state index < -0.39 is 18.5 Å². The third-order valence-electron chi connectivity index (χ3n) is 5.29. The number of nitriles is 2. The first-order valence-electron chi connectivity index (χ1n) is 11.3. The number of nitrogens with zero attached hydrogens (tertiary/aromatic N) is 4. The van der Waals surface area contributed by atoms with Crippen LogP contribution >= 0.6 is 34.7 Å². The molecule has 0 amide bonds. The van der Waals surface area contributed by atoms with Gasteiger partial charge in [0, 0.05) is 22.4 Å². The molecule has 2 aromatic heterocycles. The van der Waals surface area contributed by atoms with E-state index in [0.717, 1.165) is 0 Å². The van der Waals surface area contributed by atoms with Crippen molar-refractivity contribution in [2.75, 3.05) is 24.3 Å². The van der Waals surface area contributed by atoms with Gasteiger partial charge in [0.2, 0.25) is 0 Å². The Bertz CT molecular complexity index is 1570. The molecule has 39 heavy (non-hydrogen) atoms. The van der Waals surface area contributed by atoms with E-state index in [1.165, 1.54) is 35.2 Å². The number of aliphatic hydroxyl groups is 2. The van der Waals surface area contributed by atoms with Crippen molar-refractivity contribution in [1.29, 1.82) is 10.5 Å². The van der Waals surface area contributed by atoms with Crippen molar-refractivity contribution < 1.29 is 19.3 Å². The summed E-state index contributed by atoms with van der Waals surface area (Å²) in [6.07, 6.45) is -1.01. The van der Waals surface area contributed by atoms with Crippen molar-refractivity contribution in [3.8, 4) is 29.0 Å². The minimum Gasteiger partial charge on any atom is -0.491 e. The summed E-state index contributed by atoms with van der Waals surface area (Å²) in [5, 5.41) is 44.0. The molecule has 13 heteroatoms. The van der Waals surface area contributed by atoms with Gasteiger partial charge in [0.25, 0.3) is 0 Å². The Kier molecular flexibility index (Phi) is 9.19. The van der Waals surface area contributed by atoms with Crippen molar-refractivity contribution in [2.45, 2.75) is 16.9 Å². The number of thiazole rings is 1. The van der Waals surface area contributed by atoms with Gasteiger partial charge in [-0.15, -0.1) is 11.3 Å². The third kappa shape index (κ3) is 6.75. The van der Waals surface area contributed by atoms with Gasteiger partial charge in [-0.25, -0.2) is 14.4 Å². The average Bonchev–Trinajstić information content (AvgIpc) is 3.39. The van der Waals surface area contributed by atoms with E-state index >= 15 is 0 Å². The first kappa shape index (κ1) is 28.1. The van der Waals surface area contributed by atoms with Crippen LogP contribution in [-0.2, 0) is 5.75 Å². The molecule has 0 spiro atoms. The first-order valence-corrected chi connectivity index (χ1v) is 13.5. The topological polar surface area (TPSA) is 161 Å². The monoisotopic (exact) mass is 582 g/mol. The van der Waals surface area contributed by atoms with Crippen LogP contribution in [0.25, 0.3) is 11.1 Å². The highest BCUT2D eigenvalue weighted by molar-refractivity contribution is 7.98. The highest BCUT2D eigenvalue weighted by atomic mass is 35.5. The van der Waals surface area contributed by atoms with E-state index in [2.05, 4.69) is 21.4 Å². The number of nitrogens with two attached hydrogens (primary N) is 1. The summed E-state index contributed by atoms with van der Waals surface area (Å²) >= 11 is 8.44. The molecule has 0 aliphatic rings. The number of halogens is 2. The molecule has 0 aliphatic carbocycles. The SMILES string of the molecule is N#Cc1c(N)nc(SCc2csc(Nc3ccc(F)c(Cl)c3)n2)c(C#N)c1-c1ccc(OC[C@@H](O)CO)cc1. The van der Waals surface area contributed by atoms with Gasteiger partial charge in [0.15, 0.2) is 5.13 Å². The Morgan fingerprint density at radius 2 is 1.90 bits per heavy atom. The van der Waals surface area contributed by atoms with Crippen molar-refractivity contribution in [3.63, 3.8) is 0 Å². The largest absolute Gasteiger partial charge is 0.491 e. The van der Waals surface area contributed by atoms with Crippen LogP contribution in [0.1, 0.15) is 16.8 Å². The summed E-state index contributed by atoms with van der Waals surface area (Å²) < 4.78 is 18.8. The van der Waals surface area contributed by atoms with Crippen molar-refractivity contribution in [3.05, 3.63) is 75.5 Å². The number of nitrogen functional groups attached to an aromatic ring is 1. The molecule has 4 rings (SSSR count). The molecule has 0 unspecified atom stereocenters. The maximum atomic E-state index is 13.4. The van der Waals surface area contributed by atoms with Crippen molar-refractivity contribution >= 4 is 51.3 Å². The molecular formula is C26H20ClFN6O3S2. The quantitative estimate of drug-likeness (QED) is 0.185. The lowest BCUT2D eigenvalue weighted by molar-refractivity contribution is 0.0536. The first-order chi connectivity index (χ1) is 18.8. The molecule has 0 bridgehead atoms. The molecule has 2 heterocycles. The van der Waals surface area contributed by atoms with Crippen LogP contribution in [-0.4, -0.2) is 39.5 Å². The number of ether oxygens (including phenoxy) is 1. The maximum absolute atomic E-state index is 13.4. The second-order valence-corrected chi connectivity index (χ2v) is 10.2. The molecule has 4 aromatic rings. The zero-order valence-electron chi connectivity index (χ0n) is 20.1. The van der Waals surface area contributed by atoms with Gasteiger partial charge in [-0.3, -0.25) is 0 Å². The van der Waals surface area contributed by atoms with E-state index in [9.17, 15) is 20.0 Å². The smallest absolute Gasteiger partial charge is 0.187 e. The molecule has 2 aromatic carbocycles. The number of rotatable bonds is 10. The number of hydrogen-bond donors (Lipinski definition) is 4. The number of pyridine rings is 1. The van der Waals surface area contributed by atoms with Gasteiger partial charge >= 0.3 is 0 Å². The number of aliphatic hydroxyl groups excluding tert-OH is 2. The minimum atomic E-state index is -1.01. The number of thioether (sulfide) groups is 1. The summed E-state index contributed by atoms with van der Waals surface area (Å²) in [5.41, 5.74) is 8.61. The lowest BCUT2D eigenvalue weighted by atomic mass is 9.97. The summed E-state index contributed by atoms with van der Waals surface area (Å²) in [5.74, 6) is 0.293. The molecule has 0 fully saturated rings. The molecule has 0 saturated carbocycles. The van der Waals surface area contributed by atoms with Crippen LogP contribution in [0.3, 0.4) is 0 Å². The van der Waals surface area contributed by atoms with E-state index in [1.54, 1.807) is 30.3 Å². The van der Waals surface area contributed by atoms with E-state index in [0.29, 0.717) is 44.2 Å². The summed E-state index contributed by atoms with van der Waals surface area (Å²) in [6, 6.07) is 15.1. The second-order valence-electron chi connectivity index (χ2n) is 8.01. The predicted octanol–water partition coefficient (Wildman–Crippen LogP) is 5.09. The lowest BCUT2D eigenvalue weighted by Gasteiger charge is -2.14. The van der Waals surface area contributed by atoms with Crippen LogP contribution in [0, 0.1) is 28.5 Å². The van der Waals surface area contributed by atoms with Crippen LogP contribution < -0.4 is 15.8 Å². The van der Waals surface area contributed by atoms with Crippen molar-refractivity contribution in [2.24, 2.45) is 0 Å². The Balaban J connectivity index is 1.55.